The number of nitrogens with two attached hydrogens (primary N) is 1. The quantitative estimate of drug-likeness (QED) is 0.820. The molecule has 0 aromatic carbocycles. The molecule has 3 rings (SSSR count). The predicted octanol–water partition coefficient (Wildman–Crippen LogP) is 1.92. The lowest BCUT2D eigenvalue weighted by Gasteiger charge is -2.03. The number of rotatable bonds is 1. The average molecular weight is 234 g/mol. The summed E-state index contributed by atoms with van der Waals surface area (Å²) in [6.45, 7) is 1.96. The van der Waals surface area contributed by atoms with Crippen LogP contribution in [-0.2, 0) is 19.9 Å². The highest BCUT2D eigenvalue weighted by molar-refractivity contribution is 7.16. The molecule has 1 aliphatic carbocycles. The molecule has 84 valence electrons. The molecule has 1 aliphatic rings. The van der Waals surface area contributed by atoms with E-state index in [-0.39, 0.29) is 0 Å². The maximum Gasteiger partial charge on any atom is 0.166 e. The zero-order valence-corrected chi connectivity index (χ0v) is 10.3. The second-order valence-corrected chi connectivity index (χ2v) is 5.36. The molecule has 16 heavy (non-hydrogen) atoms. The number of nitrogen functional groups attached to an aromatic ring is 1. The van der Waals surface area contributed by atoms with Crippen LogP contribution in [0.4, 0.5) is 5.00 Å². The largest absolute Gasteiger partial charge is 0.390 e. The van der Waals surface area contributed by atoms with Crippen molar-refractivity contribution in [1.82, 2.24) is 14.8 Å². The first kappa shape index (κ1) is 9.84. The lowest BCUT2D eigenvalue weighted by atomic mass is 10.1. The molecule has 2 heterocycles. The molecule has 0 amide bonds. The first-order valence-electron chi connectivity index (χ1n) is 5.45. The third-order valence-electron chi connectivity index (χ3n) is 3.26. The van der Waals surface area contributed by atoms with Crippen molar-refractivity contribution in [2.24, 2.45) is 7.05 Å². The number of hydrogen-bond donors (Lipinski definition) is 1. The summed E-state index contributed by atoms with van der Waals surface area (Å²) in [6.07, 6.45) is 3.54. The summed E-state index contributed by atoms with van der Waals surface area (Å²) in [5.41, 5.74) is 8.63. The molecule has 0 bridgehead atoms. The van der Waals surface area contributed by atoms with Gasteiger partial charge in [-0.2, -0.15) is 0 Å². The highest BCUT2D eigenvalue weighted by Gasteiger charge is 2.24. The van der Waals surface area contributed by atoms with E-state index >= 15 is 0 Å². The van der Waals surface area contributed by atoms with Crippen molar-refractivity contribution in [1.29, 1.82) is 0 Å². The van der Waals surface area contributed by atoms with Gasteiger partial charge < -0.3 is 10.3 Å². The van der Waals surface area contributed by atoms with Gasteiger partial charge in [0.05, 0.1) is 10.6 Å². The van der Waals surface area contributed by atoms with Gasteiger partial charge in [0.1, 0.15) is 5.82 Å². The molecule has 2 aromatic rings. The maximum absolute atomic E-state index is 6.10. The fraction of sp³-hybridized carbons (Fsp3) is 0.455. The summed E-state index contributed by atoms with van der Waals surface area (Å²) in [6, 6.07) is 0. The molecule has 2 aromatic heterocycles. The lowest BCUT2D eigenvalue weighted by molar-refractivity contribution is 0.863. The van der Waals surface area contributed by atoms with Gasteiger partial charge >= 0.3 is 0 Å². The molecule has 0 saturated heterocycles. The van der Waals surface area contributed by atoms with Crippen LogP contribution in [0.1, 0.15) is 22.7 Å². The van der Waals surface area contributed by atoms with Crippen LogP contribution >= 0.6 is 11.3 Å². The summed E-state index contributed by atoms with van der Waals surface area (Å²) in [5, 5.41) is 9.23. The zero-order valence-electron chi connectivity index (χ0n) is 9.45. The van der Waals surface area contributed by atoms with Crippen molar-refractivity contribution < 1.29 is 0 Å². The van der Waals surface area contributed by atoms with Gasteiger partial charge in [0.2, 0.25) is 0 Å². The van der Waals surface area contributed by atoms with Crippen LogP contribution in [0.25, 0.3) is 11.4 Å². The van der Waals surface area contributed by atoms with Gasteiger partial charge in [-0.15, -0.1) is 21.5 Å². The highest BCUT2D eigenvalue weighted by atomic mass is 32.1. The maximum atomic E-state index is 6.10. The molecule has 5 heteroatoms. The standard InChI is InChI=1S/C11H14N4S/c1-6-13-14-11(15(6)2)9-7-4-3-5-8(7)16-10(9)12/h3-5,12H2,1-2H3. The molecule has 0 aliphatic heterocycles. The summed E-state index contributed by atoms with van der Waals surface area (Å²) in [4.78, 5) is 1.44. The number of thiophene rings is 1. The van der Waals surface area contributed by atoms with Crippen molar-refractivity contribution in [2.75, 3.05) is 5.73 Å². The number of aromatic nitrogens is 3. The molecule has 0 fully saturated rings. The Hall–Kier alpha value is -1.36. The summed E-state index contributed by atoms with van der Waals surface area (Å²) in [7, 11) is 1.99. The van der Waals surface area contributed by atoms with E-state index in [0.29, 0.717) is 0 Å². The van der Waals surface area contributed by atoms with Crippen LogP contribution in [0, 0.1) is 6.92 Å². The molecule has 0 radical (unpaired) electrons. The van der Waals surface area contributed by atoms with Crippen LogP contribution in [0.3, 0.4) is 0 Å². The van der Waals surface area contributed by atoms with Crippen molar-refractivity contribution >= 4 is 16.3 Å². The molecule has 2 N–H and O–H groups in total. The topological polar surface area (TPSA) is 56.7 Å². The first-order chi connectivity index (χ1) is 7.68. The Morgan fingerprint density at radius 2 is 2.12 bits per heavy atom. The number of hydrogen-bond acceptors (Lipinski definition) is 4. The Bertz CT molecular complexity index is 553. The Labute approximate surface area is 98.1 Å². The fourth-order valence-electron chi connectivity index (χ4n) is 2.30. The molecular weight excluding hydrogens is 220 g/mol. The predicted molar refractivity (Wildman–Crippen MR) is 65.5 cm³/mol. The van der Waals surface area contributed by atoms with Gasteiger partial charge in [-0.3, -0.25) is 0 Å². The van der Waals surface area contributed by atoms with E-state index in [1.54, 1.807) is 11.3 Å². The monoisotopic (exact) mass is 234 g/mol. The number of anilines is 1. The lowest BCUT2D eigenvalue weighted by Crippen LogP contribution is -1.98. The van der Waals surface area contributed by atoms with Crippen LogP contribution < -0.4 is 5.73 Å². The van der Waals surface area contributed by atoms with Crippen molar-refractivity contribution in [2.45, 2.75) is 26.2 Å². The molecule has 0 unspecified atom stereocenters. The number of nitrogens with zero attached hydrogens (tertiary/aromatic N) is 3. The van der Waals surface area contributed by atoms with Crippen LogP contribution in [0.15, 0.2) is 0 Å². The minimum atomic E-state index is 0.889. The normalized spacial score (nSPS) is 14.4. The summed E-state index contributed by atoms with van der Waals surface area (Å²) >= 11 is 1.71. The fourth-order valence-corrected chi connectivity index (χ4v) is 3.45. The second-order valence-electron chi connectivity index (χ2n) is 4.23. The Balaban J connectivity index is 2.23. The Morgan fingerprint density at radius 3 is 2.81 bits per heavy atom. The molecule has 0 spiro atoms. The highest BCUT2D eigenvalue weighted by Crippen LogP contribution is 2.42. The molecule has 0 atom stereocenters. The molecule has 0 saturated carbocycles. The summed E-state index contributed by atoms with van der Waals surface area (Å²) in [5.74, 6) is 1.83. The smallest absolute Gasteiger partial charge is 0.166 e. The second kappa shape index (κ2) is 3.31. The van der Waals surface area contributed by atoms with Gasteiger partial charge in [0.25, 0.3) is 0 Å². The molecular formula is C11H14N4S. The minimum absolute atomic E-state index is 0.889. The zero-order chi connectivity index (χ0) is 11.3. The minimum Gasteiger partial charge on any atom is -0.390 e. The van der Waals surface area contributed by atoms with Crippen molar-refractivity contribution in [3.63, 3.8) is 0 Å². The summed E-state index contributed by atoms with van der Waals surface area (Å²) < 4.78 is 2.01. The van der Waals surface area contributed by atoms with Crippen LogP contribution in [0.5, 0.6) is 0 Å². The first-order valence-corrected chi connectivity index (χ1v) is 6.26. The van der Waals surface area contributed by atoms with E-state index in [0.717, 1.165) is 28.6 Å². The molecule has 4 nitrogen and oxygen atoms in total. The van der Waals surface area contributed by atoms with Gasteiger partial charge in [-0.05, 0) is 31.7 Å². The third kappa shape index (κ3) is 1.21. The van der Waals surface area contributed by atoms with E-state index in [4.69, 9.17) is 5.73 Å². The van der Waals surface area contributed by atoms with Gasteiger partial charge in [-0.25, -0.2) is 0 Å². The van der Waals surface area contributed by atoms with Crippen molar-refractivity contribution in [3.05, 3.63) is 16.3 Å². The number of fused-ring (bicyclic) bond motifs is 1. The van der Waals surface area contributed by atoms with E-state index in [2.05, 4.69) is 10.2 Å². The Morgan fingerprint density at radius 1 is 1.31 bits per heavy atom. The average Bonchev–Trinajstić information content (AvgIpc) is 2.87. The van der Waals surface area contributed by atoms with E-state index < -0.39 is 0 Å². The number of aryl methyl sites for hydroxylation is 2. The van der Waals surface area contributed by atoms with Crippen LogP contribution in [0.2, 0.25) is 0 Å². The van der Waals surface area contributed by atoms with E-state index in [1.807, 2.05) is 18.5 Å². The van der Waals surface area contributed by atoms with Gasteiger partial charge in [0, 0.05) is 11.9 Å². The van der Waals surface area contributed by atoms with Crippen LogP contribution in [-0.4, -0.2) is 14.8 Å². The van der Waals surface area contributed by atoms with E-state index in [9.17, 15) is 0 Å². The van der Waals surface area contributed by atoms with Gasteiger partial charge in [-0.1, -0.05) is 0 Å². The Kier molecular flexibility index (Phi) is 2.04. The van der Waals surface area contributed by atoms with Gasteiger partial charge in [0.15, 0.2) is 5.82 Å². The van der Waals surface area contributed by atoms with Crippen molar-refractivity contribution in [3.8, 4) is 11.4 Å². The SMILES string of the molecule is Cc1nnc(-c2c(N)sc3c2CCC3)n1C. The third-order valence-corrected chi connectivity index (χ3v) is 4.39. The van der Waals surface area contributed by atoms with E-state index in [1.165, 1.54) is 23.3 Å².